The number of rotatable bonds is 1. The van der Waals surface area contributed by atoms with Gasteiger partial charge in [0, 0.05) is 6.54 Å². The highest BCUT2D eigenvalue weighted by Gasteiger charge is 2.43. The largest absolute Gasteiger partial charge is 0.395 e. The van der Waals surface area contributed by atoms with Crippen LogP contribution in [0, 0.1) is 0 Å². The van der Waals surface area contributed by atoms with E-state index in [0.717, 1.165) is 0 Å². The predicted octanol–water partition coefficient (Wildman–Crippen LogP) is -2.58. The normalized spacial score (nSPS) is 49.2. The van der Waals surface area contributed by atoms with Crippen molar-refractivity contribution >= 4 is 0 Å². The van der Waals surface area contributed by atoms with E-state index in [4.69, 9.17) is 5.11 Å². The Labute approximate surface area is 70.6 Å². The first-order chi connectivity index (χ1) is 5.49. The topological polar surface area (TPSA) is 93.0 Å². The lowest BCUT2D eigenvalue weighted by molar-refractivity contribution is -0.149. The number of β-amino-alcohol motifs (C(OH)–C–C–N with tert-alkyl or cyclic N) is 1. The van der Waals surface area contributed by atoms with Gasteiger partial charge in [0.15, 0.2) is 0 Å². The number of hydrogen-bond donors (Lipinski definition) is 5. The van der Waals surface area contributed by atoms with Crippen LogP contribution in [0.5, 0.6) is 0 Å². The first-order valence-corrected chi connectivity index (χ1v) is 3.92. The second kappa shape index (κ2) is 3.27. The third-order valence-electron chi connectivity index (χ3n) is 2.29. The molecule has 1 aliphatic heterocycles. The SMILES string of the molecule is C[C@]1(O)CN[C@H](CO)[C@@H](O)[C@@H]1O. The minimum atomic E-state index is -1.33. The van der Waals surface area contributed by atoms with Crippen LogP contribution < -0.4 is 5.32 Å². The predicted molar refractivity (Wildman–Crippen MR) is 41.5 cm³/mol. The van der Waals surface area contributed by atoms with Crippen molar-refractivity contribution in [1.29, 1.82) is 0 Å². The third kappa shape index (κ3) is 1.60. The molecule has 0 aliphatic carbocycles. The molecule has 0 aromatic rings. The summed E-state index contributed by atoms with van der Waals surface area (Å²) >= 11 is 0. The monoisotopic (exact) mass is 177 g/mol. The summed E-state index contributed by atoms with van der Waals surface area (Å²) in [4.78, 5) is 0. The summed E-state index contributed by atoms with van der Waals surface area (Å²) in [6.07, 6.45) is -2.34. The Morgan fingerprint density at radius 1 is 1.50 bits per heavy atom. The molecule has 0 aromatic carbocycles. The lowest BCUT2D eigenvalue weighted by Gasteiger charge is -2.41. The lowest BCUT2D eigenvalue weighted by Crippen LogP contribution is -2.66. The Bertz CT molecular complexity index is 161. The summed E-state index contributed by atoms with van der Waals surface area (Å²) in [5.74, 6) is 0. The van der Waals surface area contributed by atoms with Gasteiger partial charge in [0.1, 0.15) is 17.8 Å². The van der Waals surface area contributed by atoms with Gasteiger partial charge in [-0.1, -0.05) is 0 Å². The van der Waals surface area contributed by atoms with Crippen LogP contribution in [-0.4, -0.2) is 57.4 Å². The highest BCUT2D eigenvalue weighted by molar-refractivity contribution is 4.99. The van der Waals surface area contributed by atoms with Crippen LogP contribution in [0.15, 0.2) is 0 Å². The highest BCUT2D eigenvalue weighted by atomic mass is 16.4. The van der Waals surface area contributed by atoms with Gasteiger partial charge in [-0.25, -0.2) is 0 Å². The fourth-order valence-electron chi connectivity index (χ4n) is 1.32. The number of nitrogens with one attached hydrogen (secondary N) is 1. The van der Waals surface area contributed by atoms with Gasteiger partial charge in [0.05, 0.1) is 12.6 Å². The third-order valence-corrected chi connectivity index (χ3v) is 2.29. The highest BCUT2D eigenvalue weighted by Crippen LogP contribution is 2.19. The van der Waals surface area contributed by atoms with Crippen LogP contribution >= 0.6 is 0 Å². The average molecular weight is 177 g/mol. The summed E-state index contributed by atoms with van der Waals surface area (Å²) in [5.41, 5.74) is -1.33. The van der Waals surface area contributed by atoms with E-state index in [0.29, 0.717) is 0 Å². The van der Waals surface area contributed by atoms with E-state index in [-0.39, 0.29) is 13.2 Å². The Morgan fingerprint density at radius 3 is 2.58 bits per heavy atom. The zero-order valence-corrected chi connectivity index (χ0v) is 6.94. The summed E-state index contributed by atoms with van der Waals surface area (Å²) in [6.45, 7) is 1.34. The van der Waals surface area contributed by atoms with Gasteiger partial charge in [0.25, 0.3) is 0 Å². The molecular formula is C7H15NO4. The van der Waals surface area contributed by atoms with E-state index in [2.05, 4.69) is 5.32 Å². The molecule has 0 radical (unpaired) electrons. The van der Waals surface area contributed by atoms with Crippen LogP contribution in [0.3, 0.4) is 0 Å². The molecule has 1 rings (SSSR count). The summed E-state index contributed by atoms with van der Waals surface area (Å²) in [5, 5.41) is 39.6. The fraction of sp³-hybridized carbons (Fsp3) is 1.00. The van der Waals surface area contributed by atoms with E-state index in [1.807, 2.05) is 0 Å². The maximum atomic E-state index is 9.47. The smallest absolute Gasteiger partial charge is 0.111 e. The number of aliphatic hydroxyl groups is 4. The molecule has 72 valence electrons. The van der Waals surface area contributed by atoms with E-state index < -0.39 is 23.9 Å². The first-order valence-electron chi connectivity index (χ1n) is 3.92. The molecule has 0 aromatic heterocycles. The van der Waals surface area contributed by atoms with Crippen molar-refractivity contribution in [3.8, 4) is 0 Å². The Balaban J connectivity index is 2.65. The van der Waals surface area contributed by atoms with E-state index in [1.165, 1.54) is 6.92 Å². The second-order valence-corrected chi connectivity index (χ2v) is 3.46. The van der Waals surface area contributed by atoms with Gasteiger partial charge in [-0.3, -0.25) is 0 Å². The summed E-state index contributed by atoms with van der Waals surface area (Å²) in [6, 6.07) is -0.555. The van der Waals surface area contributed by atoms with Crippen molar-refractivity contribution in [2.45, 2.75) is 30.8 Å². The van der Waals surface area contributed by atoms with E-state index in [9.17, 15) is 15.3 Å². The maximum Gasteiger partial charge on any atom is 0.111 e. The van der Waals surface area contributed by atoms with Gasteiger partial charge in [0.2, 0.25) is 0 Å². The summed E-state index contributed by atoms with van der Waals surface area (Å²) in [7, 11) is 0. The van der Waals surface area contributed by atoms with Crippen LogP contribution in [0.4, 0.5) is 0 Å². The Kier molecular flexibility index (Phi) is 2.70. The molecule has 1 saturated heterocycles. The van der Waals surface area contributed by atoms with Crippen molar-refractivity contribution in [3.63, 3.8) is 0 Å². The van der Waals surface area contributed by atoms with Crippen molar-refractivity contribution < 1.29 is 20.4 Å². The molecule has 0 bridgehead atoms. The van der Waals surface area contributed by atoms with Crippen LogP contribution in [0.1, 0.15) is 6.92 Å². The molecule has 5 N–H and O–H groups in total. The number of piperidine rings is 1. The van der Waals surface area contributed by atoms with Crippen LogP contribution in [0.2, 0.25) is 0 Å². The second-order valence-electron chi connectivity index (χ2n) is 3.46. The van der Waals surface area contributed by atoms with Crippen molar-refractivity contribution in [1.82, 2.24) is 5.32 Å². The van der Waals surface area contributed by atoms with Crippen molar-refractivity contribution in [2.24, 2.45) is 0 Å². The summed E-state index contributed by atoms with van der Waals surface area (Å²) < 4.78 is 0. The Morgan fingerprint density at radius 2 is 2.08 bits per heavy atom. The van der Waals surface area contributed by atoms with Gasteiger partial charge < -0.3 is 25.7 Å². The maximum absolute atomic E-state index is 9.47. The minimum Gasteiger partial charge on any atom is -0.395 e. The van der Waals surface area contributed by atoms with Gasteiger partial charge in [-0.05, 0) is 6.92 Å². The van der Waals surface area contributed by atoms with Crippen LogP contribution in [-0.2, 0) is 0 Å². The molecule has 1 heterocycles. The standard InChI is InChI=1S/C7H15NO4/c1-7(12)3-8-4(2-9)5(10)6(7)11/h4-6,8-12H,2-3H2,1H3/t4-,5-,6+,7+/m1/s1. The molecule has 4 atom stereocenters. The Hall–Kier alpha value is -0.200. The van der Waals surface area contributed by atoms with E-state index in [1.54, 1.807) is 0 Å². The molecule has 0 saturated carbocycles. The molecule has 5 heteroatoms. The molecule has 0 spiro atoms. The zero-order valence-electron chi connectivity index (χ0n) is 6.94. The minimum absolute atomic E-state index is 0.163. The van der Waals surface area contributed by atoms with Gasteiger partial charge >= 0.3 is 0 Å². The molecule has 1 fully saturated rings. The van der Waals surface area contributed by atoms with E-state index >= 15 is 0 Å². The van der Waals surface area contributed by atoms with Crippen LogP contribution in [0.25, 0.3) is 0 Å². The number of aliphatic hydroxyl groups excluding tert-OH is 3. The molecule has 1 aliphatic rings. The lowest BCUT2D eigenvalue weighted by atomic mass is 9.87. The molecule has 0 unspecified atom stereocenters. The molecule has 0 amide bonds. The molecular weight excluding hydrogens is 162 g/mol. The van der Waals surface area contributed by atoms with Crippen molar-refractivity contribution in [2.75, 3.05) is 13.2 Å². The fourth-order valence-corrected chi connectivity index (χ4v) is 1.32. The number of hydrogen-bond acceptors (Lipinski definition) is 5. The average Bonchev–Trinajstić information content (AvgIpc) is 2.01. The van der Waals surface area contributed by atoms with Crippen molar-refractivity contribution in [3.05, 3.63) is 0 Å². The molecule has 12 heavy (non-hydrogen) atoms. The first kappa shape index (κ1) is 9.88. The molecule has 5 nitrogen and oxygen atoms in total. The van der Waals surface area contributed by atoms with Gasteiger partial charge in [-0.15, -0.1) is 0 Å². The van der Waals surface area contributed by atoms with Gasteiger partial charge in [-0.2, -0.15) is 0 Å². The zero-order chi connectivity index (χ0) is 9.35. The quantitative estimate of drug-likeness (QED) is 0.303.